The van der Waals surface area contributed by atoms with Gasteiger partial charge >= 0.3 is 5.69 Å². The molecule has 1 unspecified atom stereocenters. The Balaban J connectivity index is 2.88. The van der Waals surface area contributed by atoms with Gasteiger partial charge in [0.1, 0.15) is 6.20 Å². The number of aromatic nitrogens is 2. The van der Waals surface area contributed by atoms with Gasteiger partial charge in [0, 0.05) is 18.8 Å². The van der Waals surface area contributed by atoms with Crippen molar-refractivity contribution < 1.29 is 10.0 Å². The normalized spacial score (nSPS) is 13.5. The third kappa shape index (κ3) is 5.72. The van der Waals surface area contributed by atoms with E-state index in [-0.39, 0.29) is 18.1 Å². The lowest BCUT2D eigenvalue weighted by Crippen LogP contribution is -2.36. The quantitative estimate of drug-likeness (QED) is 0.466. The van der Waals surface area contributed by atoms with E-state index in [4.69, 9.17) is 0 Å². The third-order valence-electron chi connectivity index (χ3n) is 2.59. The van der Waals surface area contributed by atoms with Crippen molar-refractivity contribution >= 4 is 29.2 Å². The number of rotatable bonds is 9. The first-order valence-corrected chi connectivity index (χ1v) is 7.99. The molecule has 0 fully saturated rings. The van der Waals surface area contributed by atoms with Crippen molar-refractivity contribution in [3.63, 3.8) is 0 Å². The lowest BCUT2D eigenvalue weighted by Gasteiger charge is -2.22. The Hall–Kier alpha value is -1.61. The van der Waals surface area contributed by atoms with Crippen LogP contribution in [0, 0.1) is 10.1 Å². The molecule has 1 atom stereocenters. The highest BCUT2D eigenvalue weighted by Gasteiger charge is 2.23. The summed E-state index contributed by atoms with van der Waals surface area (Å²) in [4.78, 5) is 18.5. The van der Waals surface area contributed by atoms with Crippen LogP contribution in [0.25, 0.3) is 0 Å². The number of nitrogens with zero attached hydrogens (tertiary/aromatic N) is 3. The molecule has 0 aliphatic carbocycles. The van der Waals surface area contributed by atoms with Crippen molar-refractivity contribution in [3.05, 3.63) is 16.3 Å². The molecule has 9 heteroatoms. The van der Waals surface area contributed by atoms with Gasteiger partial charge in [-0.15, -0.1) is 0 Å². The maximum absolute atomic E-state index is 11.0. The molecule has 1 rings (SSSR count). The Morgan fingerprint density at radius 1 is 1.52 bits per heavy atom. The zero-order valence-electron chi connectivity index (χ0n) is 12.4. The summed E-state index contributed by atoms with van der Waals surface area (Å²) in [5.74, 6) is 0.948. The van der Waals surface area contributed by atoms with Crippen LogP contribution in [0.3, 0.4) is 0 Å². The summed E-state index contributed by atoms with van der Waals surface area (Å²) in [6.45, 7) is 4.51. The van der Waals surface area contributed by atoms with Crippen LogP contribution >= 0.6 is 11.8 Å². The minimum atomic E-state index is -0.977. The van der Waals surface area contributed by atoms with Crippen molar-refractivity contribution in [1.29, 1.82) is 0 Å². The molecule has 1 aromatic heterocycles. The highest BCUT2D eigenvalue weighted by atomic mass is 32.2. The van der Waals surface area contributed by atoms with Crippen LogP contribution in [-0.4, -0.2) is 50.7 Å². The van der Waals surface area contributed by atoms with Crippen LogP contribution in [0.15, 0.2) is 6.20 Å². The van der Waals surface area contributed by atoms with E-state index in [0.29, 0.717) is 18.2 Å². The Morgan fingerprint density at radius 3 is 2.81 bits per heavy atom. The number of anilines is 2. The first kappa shape index (κ1) is 17.4. The molecule has 0 saturated carbocycles. The molecule has 0 amide bonds. The van der Waals surface area contributed by atoms with E-state index in [9.17, 15) is 15.2 Å². The molecule has 21 heavy (non-hydrogen) atoms. The number of nitro groups is 1. The van der Waals surface area contributed by atoms with Gasteiger partial charge in [-0.3, -0.25) is 10.1 Å². The second-order valence-electron chi connectivity index (χ2n) is 4.89. The Bertz CT molecular complexity index is 484. The summed E-state index contributed by atoms with van der Waals surface area (Å²) < 4.78 is 0. The average molecular weight is 315 g/mol. The number of hydrogen-bond donors (Lipinski definition) is 3. The smallest absolute Gasteiger partial charge is 0.329 e. The third-order valence-corrected chi connectivity index (χ3v) is 3.50. The van der Waals surface area contributed by atoms with E-state index in [0.717, 1.165) is 12.6 Å². The predicted octanol–water partition coefficient (Wildman–Crippen LogP) is 1.73. The van der Waals surface area contributed by atoms with E-state index in [1.807, 2.05) is 13.2 Å². The second kappa shape index (κ2) is 7.99. The average Bonchev–Trinajstić information content (AvgIpc) is 2.42. The van der Waals surface area contributed by atoms with E-state index < -0.39 is 10.5 Å². The van der Waals surface area contributed by atoms with E-state index in [1.165, 1.54) is 11.8 Å². The van der Waals surface area contributed by atoms with E-state index >= 15 is 0 Å². The van der Waals surface area contributed by atoms with Gasteiger partial charge in [-0.2, -0.15) is 16.7 Å². The highest BCUT2D eigenvalue weighted by molar-refractivity contribution is 7.98. The lowest BCUT2D eigenvalue weighted by atomic mass is 10.1. The molecule has 3 N–H and O–H groups in total. The van der Waals surface area contributed by atoms with E-state index in [2.05, 4.69) is 20.6 Å². The lowest BCUT2D eigenvalue weighted by molar-refractivity contribution is -0.384. The number of thioether (sulfide) groups is 1. The number of aliphatic hydroxyl groups is 1. The molecule has 0 aromatic carbocycles. The summed E-state index contributed by atoms with van der Waals surface area (Å²) in [5.41, 5.74) is -1.19. The van der Waals surface area contributed by atoms with Gasteiger partial charge in [-0.25, -0.2) is 4.98 Å². The van der Waals surface area contributed by atoms with Crippen molar-refractivity contribution in [2.24, 2.45) is 0 Å². The molecule has 0 saturated heterocycles. The van der Waals surface area contributed by atoms with E-state index in [1.54, 1.807) is 6.92 Å². The Labute approximate surface area is 127 Å². The van der Waals surface area contributed by atoms with Gasteiger partial charge < -0.3 is 15.7 Å². The summed E-state index contributed by atoms with van der Waals surface area (Å²) in [5, 5.41) is 26.9. The molecular formula is C12H21N5O3S. The Kier molecular flexibility index (Phi) is 6.63. The molecule has 1 aromatic rings. The fourth-order valence-corrected chi connectivity index (χ4v) is 2.32. The van der Waals surface area contributed by atoms with Gasteiger partial charge in [-0.1, -0.05) is 6.92 Å². The summed E-state index contributed by atoms with van der Waals surface area (Å²) in [6.07, 6.45) is 3.94. The molecule has 0 aliphatic heterocycles. The van der Waals surface area contributed by atoms with Gasteiger partial charge in [0.15, 0.2) is 0 Å². The molecular weight excluding hydrogens is 294 g/mol. The minimum Gasteiger partial charge on any atom is -0.387 e. The molecule has 0 aliphatic rings. The van der Waals surface area contributed by atoms with Gasteiger partial charge in [0.05, 0.1) is 10.5 Å². The van der Waals surface area contributed by atoms with Crippen molar-refractivity contribution in [2.45, 2.75) is 25.9 Å². The zero-order chi connectivity index (χ0) is 15.9. The fraction of sp³-hybridized carbons (Fsp3) is 0.667. The summed E-state index contributed by atoms with van der Waals surface area (Å²) in [7, 11) is 0. The fourth-order valence-electron chi connectivity index (χ4n) is 1.60. The largest absolute Gasteiger partial charge is 0.387 e. The molecule has 8 nitrogen and oxygen atoms in total. The maximum Gasteiger partial charge on any atom is 0.329 e. The molecule has 0 bridgehead atoms. The van der Waals surface area contributed by atoms with Crippen LogP contribution in [0.2, 0.25) is 0 Å². The highest BCUT2D eigenvalue weighted by Crippen LogP contribution is 2.23. The standard InChI is InChI=1S/C12H21N5O3S/c1-4-5-13-11-14-6-9(17(19)20)10(16-11)15-7-12(2,18)8-21-3/h6,18H,4-5,7-8H2,1-3H3,(H2,13,14,15,16). The van der Waals surface area contributed by atoms with Crippen molar-refractivity contribution in [3.8, 4) is 0 Å². The molecule has 1 heterocycles. The first-order chi connectivity index (χ1) is 9.89. The van der Waals surface area contributed by atoms with Crippen LogP contribution in [-0.2, 0) is 0 Å². The SMILES string of the molecule is CCCNc1ncc([N+](=O)[O-])c(NCC(C)(O)CSC)n1. The molecule has 118 valence electrons. The molecule has 0 spiro atoms. The van der Waals surface area contributed by atoms with Crippen molar-refractivity contribution in [2.75, 3.05) is 35.7 Å². The predicted molar refractivity (Wildman–Crippen MR) is 85.0 cm³/mol. The maximum atomic E-state index is 11.0. The van der Waals surface area contributed by atoms with Crippen LogP contribution < -0.4 is 10.6 Å². The zero-order valence-corrected chi connectivity index (χ0v) is 13.2. The van der Waals surface area contributed by atoms with Crippen LogP contribution in [0.5, 0.6) is 0 Å². The number of nitrogens with one attached hydrogen (secondary N) is 2. The monoisotopic (exact) mass is 315 g/mol. The Morgan fingerprint density at radius 2 is 2.24 bits per heavy atom. The second-order valence-corrected chi connectivity index (χ2v) is 5.76. The van der Waals surface area contributed by atoms with Crippen LogP contribution in [0.4, 0.5) is 17.5 Å². The van der Waals surface area contributed by atoms with Crippen LogP contribution in [0.1, 0.15) is 20.3 Å². The minimum absolute atomic E-state index is 0.106. The topological polar surface area (TPSA) is 113 Å². The first-order valence-electron chi connectivity index (χ1n) is 6.60. The summed E-state index contributed by atoms with van der Waals surface area (Å²) in [6, 6.07) is 0. The van der Waals surface area contributed by atoms with Gasteiger partial charge in [-0.05, 0) is 19.6 Å². The summed E-state index contributed by atoms with van der Waals surface area (Å²) >= 11 is 1.50. The van der Waals surface area contributed by atoms with Gasteiger partial charge in [0.2, 0.25) is 11.8 Å². The molecule has 0 radical (unpaired) electrons. The number of hydrogen-bond acceptors (Lipinski definition) is 8. The van der Waals surface area contributed by atoms with Gasteiger partial charge in [0.25, 0.3) is 0 Å². The van der Waals surface area contributed by atoms with Crippen molar-refractivity contribution in [1.82, 2.24) is 9.97 Å².